The van der Waals surface area contributed by atoms with Crippen LogP contribution in [0, 0.1) is 11.3 Å². The van der Waals surface area contributed by atoms with E-state index in [0.717, 1.165) is 0 Å². The summed E-state index contributed by atoms with van der Waals surface area (Å²) in [4.78, 5) is 38.5. The van der Waals surface area contributed by atoms with E-state index in [9.17, 15) is 14.4 Å². The van der Waals surface area contributed by atoms with Crippen LogP contribution in [0.1, 0.15) is 47.0 Å². The first-order chi connectivity index (χ1) is 10.5. The molecule has 0 aromatic carbocycles. The zero-order valence-corrected chi connectivity index (χ0v) is 14.3. The molecule has 0 bridgehead atoms. The average Bonchev–Trinajstić information content (AvgIpc) is 2.74. The number of amides is 3. The van der Waals surface area contributed by atoms with E-state index < -0.39 is 23.2 Å². The number of carboxylic acid groups (broad SMARTS) is 1. The van der Waals surface area contributed by atoms with E-state index in [1.165, 1.54) is 9.80 Å². The Bertz CT molecular complexity index is 505. The number of imide groups is 1. The summed E-state index contributed by atoms with van der Waals surface area (Å²) in [7, 11) is 0. The van der Waals surface area contributed by atoms with Crippen molar-refractivity contribution in [3.63, 3.8) is 0 Å². The molecule has 1 unspecified atom stereocenters. The predicted octanol–water partition coefficient (Wildman–Crippen LogP) is 2.55. The molecule has 2 fully saturated rings. The fourth-order valence-electron chi connectivity index (χ4n) is 3.44. The second-order valence-electron chi connectivity index (χ2n) is 7.65. The van der Waals surface area contributed by atoms with Gasteiger partial charge in [0.05, 0.1) is 5.41 Å². The van der Waals surface area contributed by atoms with Crippen molar-refractivity contribution in [3.8, 4) is 0 Å². The van der Waals surface area contributed by atoms with E-state index in [4.69, 9.17) is 9.84 Å². The lowest BCUT2D eigenvalue weighted by atomic mass is 9.71. The molecule has 0 aromatic heterocycles. The highest BCUT2D eigenvalue weighted by Crippen LogP contribution is 2.44. The van der Waals surface area contributed by atoms with Gasteiger partial charge >= 0.3 is 12.2 Å². The predicted molar refractivity (Wildman–Crippen MR) is 83.0 cm³/mol. The number of carbonyl (C=O) groups is 3. The van der Waals surface area contributed by atoms with Gasteiger partial charge in [0.2, 0.25) is 5.91 Å². The van der Waals surface area contributed by atoms with Crippen molar-refractivity contribution in [2.24, 2.45) is 11.3 Å². The Morgan fingerprint density at radius 2 is 1.78 bits per heavy atom. The van der Waals surface area contributed by atoms with Crippen molar-refractivity contribution in [1.29, 1.82) is 0 Å². The van der Waals surface area contributed by atoms with Crippen LogP contribution in [0.15, 0.2) is 0 Å². The lowest BCUT2D eigenvalue weighted by molar-refractivity contribution is -0.137. The van der Waals surface area contributed by atoms with Gasteiger partial charge in [-0.05, 0) is 46.0 Å². The van der Waals surface area contributed by atoms with Gasteiger partial charge in [-0.3, -0.25) is 4.79 Å². The fraction of sp³-hybridized carbons (Fsp3) is 0.812. The third-order valence-corrected chi connectivity index (χ3v) is 4.87. The Balaban J connectivity index is 2.03. The third kappa shape index (κ3) is 3.59. The Morgan fingerprint density at radius 3 is 2.26 bits per heavy atom. The van der Waals surface area contributed by atoms with Crippen LogP contribution in [0.4, 0.5) is 9.59 Å². The van der Waals surface area contributed by atoms with Gasteiger partial charge in [0, 0.05) is 19.6 Å². The minimum Gasteiger partial charge on any atom is -0.465 e. The highest BCUT2D eigenvalue weighted by Gasteiger charge is 2.51. The van der Waals surface area contributed by atoms with Gasteiger partial charge in [-0.25, -0.2) is 14.5 Å². The Kier molecular flexibility index (Phi) is 4.59. The summed E-state index contributed by atoms with van der Waals surface area (Å²) in [6, 6.07) is 0. The molecule has 1 N–H and O–H groups in total. The molecule has 130 valence electrons. The van der Waals surface area contributed by atoms with Crippen molar-refractivity contribution in [3.05, 3.63) is 0 Å². The number of likely N-dealkylation sites (tertiary alicyclic amines) is 2. The molecule has 0 spiro atoms. The van der Waals surface area contributed by atoms with Crippen LogP contribution >= 0.6 is 0 Å². The van der Waals surface area contributed by atoms with E-state index >= 15 is 0 Å². The minimum absolute atomic E-state index is 0.0954. The molecule has 3 amide bonds. The Morgan fingerprint density at radius 1 is 1.22 bits per heavy atom. The van der Waals surface area contributed by atoms with Crippen LogP contribution in [0.25, 0.3) is 0 Å². The molecule has 0 radical (unpaired) electrons. The fourth-order valence-corrected chi connectivity index (χ4v) is 3.44. The monoisotopic (exact) mass is 326 g/mol. The normalized spacial score (nSPS) is 26.5. The second kappa shape index (κ2) is 6.02. The van der Waals surface area contributed by atoms with E-state index in [0.29, 0.717) is 38.9 Å². The summed E-state index contributed by atoms with van der Waals surface area (Å²) in [5.41, 5.74) is -1.25. The van der Waals surface area contributed by atoms with Crippen LogP contribution in [0.2, 0.25) is 0 Å². The molecule has 2 saturated heterocycles. The van der Waals surface area contributed by atoms with Crippen LogP contribution in [-0.2, 0) is 9.53 Å². The number of nitrogens with zero attached hydrogens (tertiary/aromatic N) is 2. The van der Waals surface area contributed by atoms with Crippen molar-refractivity contribution in [2.45, 2.75) is 52.6 Å². The van der Waals surface area contributed by atoms with Crippen molar-refractivity contribution in [1.82, 2.24) is 9.80 Å². The first-order valence-electron chi connectivity index (χ1n) is 8.07. The largest absolute Gasteiger partial charge is 0.465 e. The van der Waals surface area contributed by atoms with Gasteiger partial charge in [-0.2, -0.15) is 0 Å². The van der Waals surface area contributed by atoms with Crippen molar-refractivity contribution >= 4 is 18.1 Å². The lowest BCUT2D eigenvalue weighted by Gasteiger charge is -2.38. The molecule has 7 heteroatoms. The maximum absolute atomic E-state index is 12.8. The van der Waals surface area contributed by atoms with Crippen LogP contribution in [0.5, 0.6) is 0 Å². The molecule has 0 saturated carbocycles. The number of ether oxygens (including phenoxy) is 1. The van der Waals surface area contributed by atoms with Crippen molar-refractivity contribution in [2.75, 3.05) is 19.6 Å². The van der Waals surface area contributed by atoms with Gasteiger partial charge in [0.1, 0.15) is 5.60 Å². The molecule has 2 heterocycles. The summed E-state index contributed by atoms with van der Waals surface area (Å²) in [5.74, 6) is -0.0986. The molecule has 0 aromatic rings. The summed E-state index contributed by atoms with van der Waals surface area (Å²) in [6.45, 7) is 8.44. The Labute approximate surface area is 136 Å². The zero-order valence-electron chi connectivity index (χ0n) is 14.3. The molecular formula is C16H26N2O5. The molecule has 2 rings (SSSR count). The number of hydrogen-bond donors (Lipinski definition) is 1. The topological polar surface area (TPSA) is 87.2 Å². The summed E-state index contributed by atoms with van der Waals surface area (Å²) < 4.78 is 5.30. The first-order valence-corrected chi connectivity index (χ1v) is 8.07. The first kappa shape index (κ1) is 17.6. The van der Waals surface area contributed by atoms with Gasteiger partial charge in [-0.1, -0.05) is 6.92 Å². The molecule has 0 aliphatic carbocycles. The SMILES string of the molecule is CC(C)(C)OC(=O)N1CCC(C)(C2CCN(C(=O)O)CC2)C1=O. The number of piperidine rings is 1. The summed E-state index contributed by atoms with van der Waals surface area (Å²) >= 11 is 0. The van der Waals surface area contributed by atoms with Gasteiger partial charge < -0.3 is 14.7 Å². The molecule has 1 atom stereocenters. The second-order valence-corrected chi connectivity index (χ2v) is 7.65. The number of hydrogen-bond acceptors (Lipinski definition) is 4. The third-order valence-electron chi connectivity index (χ3n) is 4.87. The average molecular weight is 326 g/mol. The van der Waals surface area contributed by atoms with Crippen molar-refractivity contribution < 1.29 is 24.2 Å². The molecular weight excluding hydrogens is 300 g/mol. The van der Waals surface area contributed by atoms with E-state index in [1.807, 2.05) is 6.92 Å². The maximum Gasteiger partial charge on any atom is 0.417 e. The molecule has 7 nitrogen and oxygen atoms in total. The standard InChI is InChI=1S/C16H26N2O5/c1-15(2,3)23-14(22)18-10-7-16(4,12(18)19)11-5-8-17(9-6-11)13(20)21/h11H,5-10H2,1-4H3,(H,20,21). The molecule has 2 aliphatic heterocycles. The van der Waals surface area contributed by atoms with Gasteiger partial charge in [-0.15, -0.1) is 0 Å². The molecule has 2 aliphatic rings. The van der Waals surface area contributed by atoms with Gasteiger partial charge in [0.15, 0.2) is 0 Å². The minimum atomic E-state index is -0.915. The van der Waals surface area contributed by atoms with E-state index in [2.05, 4.69) is 0 Å². The number of carbonyl (C=O) groups excluding carboxylic acids is 2. The number of rotatable bonds is 1. The van der Waals surface area contributed by atoms with E-state index in [1.54, 1.807) is 20.8 Å². The zero-order chi connectivity index (χ0) is 17.4. The maximum atomic E-state index is 12.8. The Hall–Kier alpha value is -1.79. The van der Waals surface area contributed by atoms with Crippen LogP contribution < -0.4 is 0 Å². The summed E-state index contributed by atoms with van der Waals surface area (Å²) in [6.07, 6.45) is 0.395. The lowest BCUT2D eigenvalue weighted by Crippen LogP contribution is -2.46. The van der Waals surface area contributed by atoms with E-state index in [-0.39, 0.29) is 11.8 Å². The van der Waals surface area contributed by atoms with Crippen LogP contribution in [0.3, 0.4) is 0 Å². The van der Waals surface area contributed by atoms with Crippen LogP contribution in [-0.4, -0.2) is 58.2 Å². The highest BCUT2D eigenvalue weighted by atomic mass is 16.6. The van der Waals surface area contributed by atoms with Gasteiger partial charge in [0.25, 0.3) is 0 Å². The highest BCUT2D eigenvalue weighted by molar-refractivity contribution is 5.97. The smallest absolute Gasteiger partial charge is 0.417 e. The molecule has 23 heavy (non-hydrogen) atoms. The summed E-state index contributed by atoms with van der Waals surface area (Å²) in [5, 5.41) is 9.02. The quantitative estimate of drug-likeness (QED) is 0.800.